The largest absolute Gasteiger partial charge is 0.478 e. The second kappa shape index (κ2) is 15.2. The number of para-hydroxylation sites is 3. The van der Waals surface area contributed by atoms with E-state index < -0.39 is 29.4 Å². The zero-order valence-electron chi connectivity index (χ0n) is 27.0. The molecule has 4 aromatic carbocycles. The highest BCUT2D eigenvalue weighted by Crippen LogP contribution is 2.37. The van der Waals surface area contributed by atoms with Gasteiger partial charge in [-0.25, -0.2) is 9.59 Å². The SMILES string of the molecule is CC(C)(C)C(=O)CN1C(=O)C(NC(=O)Nc2cccc(C(=O)O)c2)CN(c2ccccc2)c2ccccc21.C[C@@H](N)c1ccccc1. The van der Waals surface area contributed by atoms with Gasteiger partial charge in [0.05, 0.1) is 30.0 Å². The number of anilines is 4. The molecule has 4 aromatic rings. The molecule has 0 saturated carbocycles. The number of ketones is 1. The fourth-order valence-corrected chi connectivity index (χ4v) is 4.90. The summed E-state index contributed by atoms with van der Waals surface area (Å²) in [6, 6.07) is 31.2. The molecule has 10 heteroatoms. The van der Waals surface area contributed by atoms with E-state index in [1.807, 2.05) is 84.6 Å². The third-order valence-electron chi connectivity index (χ3n) is 7.60. The molecule has 2 atom stereocenters. The van der Waals surface area contributed by atoms with Crippen LogP contribution in [0.15, 0.2) is 109 Å². The van der Waals surface area contributed by atoms with E-state index in [1.165, 1.54) is 28.7 Å². The monoisotopic (exact) mass is 635 g/mol. The van der Waals surface area contributed by atoms with Crippen molar-refractivity contribution >= 4 is 46.4 Å². The third-order valence-corrected chi connectivity index (χ3v) is 7.60. The van der Waals surface area contributed by atoms with Gasteiger partial charge in [0.25, 0.3) is 5.91 Å². The molecule has 0 aromatic heterocycles. The summed E-state index contributed by atoms with van der Waals surface area (Å²) in [4.78, 5) is 54.6. The van der Waals surface area contributed by atoms with Crippen LogP contribution in [0.5, 0.6) is 0 Å². The number of hydrogen-bond donors (Lipinski definition) is 4. The standard InChI is InChI=1S/C29H30N4O5.C8H11N/c1-29(2,3)25(34)18-33-24-15-8-7-14-23(24)32(21-12-5-4-6-13-21)17-22(26(33)35)31-28(38)30-20-11-9-10-19(16-20)27(36)37;1-7(9)8-5-3-2-4-6-8/h4-16,22H,17-18H2,1-3H3,(H,36,37)(H2,30,31,38);2-7H,9H2,1H3/t;7-/m.1/s1. The highest BCUT2D eigenvalue weighted by molar-refractivity contribution is 6.08. The van der Waals surface area contributed by atoms with Crippen LogP contribution in [0.25, 0.3) is 0 Å². The van der Waals surface area contributed by atoms with Crippen LogP contribution in [0.4, 0.5) is 27.5 Å². The fraction of sp³-hybridized carbons (Fsp3) is 0.243. The molecule has 1 heterocycles. The molecule has 0 saturated heterocycles. The Morgan fingerprint density at radius 3 is 2.04 bits per heavy atom. The van der Waals surface area contributed by atoms with Crippen LogP contribution >= 0.6 is 0 Å². The Hall–Kier alpha value is -5.48. The summed E-state index contributed by atoms with van der Waals surface area (Å²) in [6.45, 7) is 7.34. The molecule has 47 heavy (non-hydrogen) atoms. The quantitative estimate of drug-likeness (QED) is 0.184. The Labute approximate surface area is 275 Å². The molecule has 3 amide bonds. The molecule has 0 spiro atoms. The number of carboxylic acid groups (broad SMARTS) is 1. The predicted molar refractivity (Wildman–Crippen MR) is 185 cm³/mol. The van der Waals surface area contributed by atoms with Gasteiger partial charge in [0, 0.05) is 22.8 Å². The average Bonchev–Trinajstić information content (AvgIpc) is 3.16. The van der Waals surface area contributed by atoms with Gasteiger partial charge in [-0.1, -0.05) is 87.5 Å². The van der Waals surface area contributed by atoms with Crippen molar-refractivity contribution in [1.82, 2.24) is 5.32 Å². The molecule has 5 N–H and O–H groups in total. The Kier molecular flexibility index (Phi) is 11.1. The van der Waals surface area contributed by atoms with Crippen molar-refractivity contribution in [3.63, 3.8) is 0 Å². The van der Waals surface area contributed by atoms with E-state index in [1.54, 1.807) is 39.0 Å². The molecule has 0 aliphatic carbocycles. The number of carbonyl (C=O) groups is 4. The van der Waals surface area contributed by atoms with Gasteiger partial charge in [-0.15, -0.1) is 0 Å². The molecule has 0 radical (unpaired) electrons. The zero-order chi connectivity index (χ0) is 34.1. The Balaban J connectivity index is 0.000000479. The lowest BCUT2D eigenvalue weighted by Crippen LogP contribution is -2.54. The van der Waals surface area contributed by atoms with E-state index in [0.29, 0.717) is 5.69 Å². The summed E-state index contributed by atoms with van der Waals surface area (Å²) < 4.78 is 0. The minimum atomic E-state index is -1.12. The van der Waals surface area contributed by atoms with Gasteiger partial charge >= 0.3 is 12.0 Å². The van der Waals surface area contributed by atoms with Crippen molar-refractivity contribution in [3.8, 4) is 0 Å². The van der Waals surface area contributed by atoms with Crippen molar-refractivity contribution in [2.24, 2.45) is 11.1 Å². The van der Waals surface area contributed by atoms with Crippen LogP contribution < -0.4 is 26.2 Å². The summed E-state index contributed by atoms with van der Waals surface area (Å²) in [5.74, 6) is -1.67. The summed E-state index contributed by atoms with van der Waals surface area (Å²) in [5.41, 5.74) is 8.54. The van der Waals surface area contributed by atoms with Gasteiger partial charge in [-0.3, -0.25) is 9.59 Å². The van der Waals surface area contributed by atoms with Crippen LogP contribution in [0.1, 0.15) is 49.7 Å². The third kappa shape index (κ3) is 9.05. The zero-order valence-corrected chi connectivity index (χ0v) is 27.0. The van der Waals surface area contributed by atoms with E-state index in [-0.39, 0.29) is 36.2 Å². The maximum atomic E-state index is 13.9. The maximum absolute atomic E-state index is 13.9. The van der Waals surface area contributed by atoms with Gasteiger partial charge < -0.3 is 31.3 Å². The molecule has 0 fully saturated rings. The first kappa shape index (κ1) is 34.4. The van der Waals surface area contributed by atoms with Gasteiger partial charge in [-0.05, 0) is 55.0 Å². The number of urea groups is 1. The first-order chi connectivity index (χ1) is 22.3. The fourth-order valence-electron chi connectivity index (χ4n) is 4.90. The molecule has 5 rings (SSSR count). The molecule has 1 aliphatic rings. The maximum Gasteiger partial charge on any atom is 0.335 e. The first-order valence-corrected chi connectivity index (χ1v) is 15.3. The number of nitrogens with one attached hydrogen (secondary N) is 2. The second-order valence-corrected chi connectivity index (χ2v) is 12.3. The van der Waals surface area contributed by atoms with E-state index in [0.717, 1.165) is 11.4 Å². The van der Waals surface area contributed by atoms with Gasteiger partial charge in [0.1, 0.15) is 6.04 Å². The molecule has 1 unspecified atom stereocenters. The van der Waals surface area contributed by atoms with E-state index in [4.69, 9.17) is 5.73 Å². The van der Waals surface area contributed by atoms with Gasteiger partial charge in [0.2, 0.25) is 0 Å². The van der Waals surface area contributed by atoms with Crippen LogP contribution in [-0.2, 0) is 9.59 Å². The molecule has 1 aliphatic heterocycles. The molecular formula is C37H41N5O5. The van der Waals surface area contributed by atoms with Crippen LogP contribution in [-0.4, -0.2) is 47.9 Å². The Morgan fingerprint density at radius 2 is 1.47 bits per heavy atom. The minimum absolute atomic E-state index is 0.0194. The first-order valence-electron chi connectivity index (χ1n) is 15.3. The number of rotatable bonds is 7. The number of benzene rings is 4. The highest BCUT2D eigenvalue weighted by atomic mass is 16.4. The number of aromatic carboxylic acids is 1. The van der Waals surface area contributed by atoms with Crippen molar-refractivity contribution in [1.29, 1.82) is 0 Å². The van der Waals surface area contributed by atoms with Crippen molar-refractivity contribution in [2.45, 2.75) is 39.8 Å². The number of nitrogens with zero attached hydrogens (tertiary/aromatic N) is 2. The molecular weight excluding hydrogens is 594 g/mol. The highest BCUT2D eigenvalue weighted by Gasteiger charge is 2.37. The summed E-state index contributed by atoms with van der Waals surface area (Å²) in [7, 11) is 0. The molecule has 10 nitrogen and oxygen atoms in total. The van der Waals surface area contributed by atoms with Crippen LogP contribution in [0.3, 0.4) is 0 Å². The van der Waals surface area contributed by atoms with Crippen LogP contribution in [0, 0.1) is 5.41 Å². The van der Waals surface area contributed by atoms with E-state index in [9.17, 15) is 24.3 Å². The normalized spacial score (nSPS) is 14.9. The average molecular weight is 636 g/mol. The van der Waals surface area contributed by atoms with Gasteiger partial charge in [-0.2, -0.15) is 0 Å². The number of carbonyl (C=O) groups excluding carboxylic acids is 3. The predicted octanol–water partition coefficient (Wildman–Crippen LogP) is 6.38. The number of nitrogens with two attached hydrogens (primary N) is 1. The second-order valence-electron chi connectivity index (χ2n) is 12.3. The lowest BCUT2D eigenvalue weighted by Gasteiger charge is -2.28. The van der Waals surface area contributed by atoms with Gasteiger partial charge in [0.15, 0.2) is 5.78 Å². The summed E-state index contributed by atoms with van der Waals surface area (Å²) in [6.07, 6.45) is 0. The topological polar surface area (TPSA) is 145 Å². The minimum Gasteiger partial charge on any atom is -0.478 e. The smallest absolute Gasteiger partial charge is 0.335 e. The number of fused-ring (bicyclic) bond motifs is 1. The number of Topliss-reactive ketones (excluding diaryl/α,β-unsaturated/α-hetero) is 1. The summed E-state index contributed by atoms with van der Waals surface area (Å²) >= 11 is 0. The van der Waals surface area contributed by atoms with Crippen molar-refractivity contribution < 1.29 is 24.3 Å². The number of amides is 3. The number of carboxylic acids is 1. The van der Waals surface area contributed by atoms with Crippen molar-refractivity contribution in [3.05, 3.63) is 120 Å². The molecule has 244 valence electrons. The Bertz CT molecular complexity index is 1700. The lowest BCUT2D eigenvalue weighted by atomic mass is 9.90. The Morgan fingerprint density at radius 1 is 0.872 bits per heavy atom. The lowest BCUT2D eigenvalue weighted by molar-refractivity contribution is -0.127. The molecule has 0 bridgehead atoms. The number of hydrogen-bond acceptors (Lipinski definition) is 6. The van der Waals surface area contributed by atoms with E-state index >= 15 is 0 Å². The summed E-state index contributed by atoms with van der Waals surface area (Å²) in [5, 5.41) is 14.6. The van der Waals surface area contributed by atoms with Crippen molar-refractivity contribution in [2.75, 3.05) is 28.2 Å². The van der Waals surface area contributed by atoms with E-state index in [2.05, 4.69) is 10.6 Å². The van der Waals surface area contributed by atoms with Crippen LogP contribution in [0.2, 0.25) is 0 Å².